The van der Waals surface area contributed by atoms with Crippen molar-refractivity contribution in [3.8, 4) is 0 Å². The molecule has 0 radical (unpaired) electrons. The fourth-order valence-electron chi connectivity index (χ4n) is 2.03. The minimum atomic E-state index is 0.289. The normalized spacial score (nSPS) is 19.6. The largest absolute Gasteiger partial charge is 0.384 e. The Labute approximate surface area is 139 Å². The van der Waals surface area contributed by atoms with Gasteiger partial charge in [0.1, 0.15) is 11.7 Å². The molecule has 0 aliphatic carbocycles. The van der Waals surface area contributed by atoms with Crippen LogP contribution >= 0.6 is 15.9 Å². The topological polar surface area (TPSA) is 86.3 Å². The molecule has 0 aromatic heterocycles. The van der Waals surface area contributed by atoms with Crippen LogP contribution < -0.4 is 16.4 Å². The predicted molar refractivity (Wildman–Crippen MR) is 95.5 cm³/mol. The quantitative estimate of drug-likeness (QED) is 0.448. The Morgan fingerprint density at radius 2 is 2.23 bits per heavy atom. The maximum Gasteiger partial charge on any atom is 0.132 e. The van der Waals surface area contributed by atoms with Crippen molar-refractivity contribution in [3.05, 3.63) is 57.8 Å². The predicted octanol–water partition coefficient (Wildman–Crippen LogP) is 3.02. The molecule has 0 amide bonds. The number of nitrogens with two attached hydrogens (primary N) is 1. The van der Waals surface area contributed by atoms with Gasteiger partial charge < -0.3 is 21.8 Å². The summed E-state index contributed by atoms with van der Waals surface area (Å²) in [5.41, 5.74) is 8.77. The zero-order valence-electron chi connectivity index (χ0n) is 12.7. The van der Waals surface area contributed by atoms with Gasteiger partial charge in [0.25, 0.3) is 0 Å². The summed E-state index contributed by atoms with van der Waals surface area (Å²) in [4.78, 5) is 4.37. The minimum Gasteiger partial charge on any atom is -0.384 e. The van der Waals surface area contributed by atoms with Gasteiger partial charge in [-0.15, -0.1) is 0 Å². The Morgan fingerprint density at radius 3 is 2.91 bits per heavy atom. The Hall–Kier alpha value is -2.08. The molecular weight excluding hydrogens is 342 g/mol. The first-order chi connectivity index (χ1) is 10.5. The summed E-state index contributed by atoms with van der Waals surface area (Å²) in [6.07, 6.45) is 11.7. The Bertz CT molecular complexity index is 649. The van der Waals surface area contributed by atoms with Gasteiger partial charge in [-0.1, -0.05) is 13.8 Å². The van der Waals surface area contributed by atoms with Gasteiger partial charge >= 0.3 is 0 Å². The van der Waals surface area contributed by atoms with Crippen LogP contribution in [0.3, 0.4) is 0 Å². The fraction of sp³-hybridized carbons (Fsp3) is 0.250. The molecule has 0 saturated carbocycles. The number of nitrogens with zero attached hydrogens (tertiary/aromatic N) is 1. The SMILES string of the molecule is CCC(C)C(C=N)=CC(N)=NC1=CC=C2NC=C(Br)C=C2N1. The van der Waals surface area contributed by atoms with Gasteiger partial charge in [-0.05, 0) is 58.1 Å². The van der Waals surface area contributed by atoms with E-state index in [4.69, 9.17) is 11.1 Å². The van der Waals surface area contributed by atoms with Gasteiger partial charge in [-0.25, -0.2) is 4.99 Å². The summed E-state index contributed by atoms with van der Waals surface area (Å²) in [6.45, 7) is 4.15. The number of fused-ring (bicyclic) bond motifs is 1. The van der Waals surface area contributed by atoms with Crippen LogP contribution in [-0.2, 0) is 0 Å². The molecule has 0 aromatic carbocycles. The van der Waals surface area contributed by atoms with E-state index in [1.54, 1.807) is 6.08 Å². The number of halogens is 1. The fourth-order valence-corrected chi connectivity index (χ4v) is 2.38. The van der Waals surface area contributed by atoms with Crippen molar-refractivity contribution in [1.29, 1.82) is 5.41 Å². The number of rotatable bonds is 5. The van der Waals surface area contributed by atoms with Gasteiger partial charge in [-0.2, -0.15) is 0 Å². The number of dihydropyridines is 2. The lowest BCUT2D eigenvalue weighted by Crippen LogP contribution is -2.26. The Balaban J connectivity index is 2.18. The average molecular weight is 362 g/mol. The molecule has 2 heterocycles. The zero-order valence-corrected chi connectivity index (χ0v) is 14.2. The Morgan fingerprint density at radius 1 is 1.45 bits per heavy atom. The van der Waals surface area contributed by atoms with Gasteiger partial charge in [0.2, 0.25) is 0 Å². The van der Waals surface area contributed by atoms with E-state index >= 15 is 0 Å². The highest BCUT2D eigenvalue weighted by Gasteiger charge is 2.14. The molecule has 0 aromatic rings. The molecule has 0 spiro atoms. The lowest BCUT2D eigenvalue weighted by atomic mass is 9.99. The molecule has 1 unspecified atom stereocenters. The highest BCUT2D eigenvalue weighted by Crippen LogP contribution is 2.21. The maximum atomic E-state index is 7.48. The molecule has 0 fully saturated rings. The zero-order chi connectivity index (χ0) is 16.1. The molecular formula is C16H20BrN5. The van der Waals surface area contributed by atoms with Crippen LogP contribution in [0.15, 0.2) is 62.8 Å². The van der Waals surface area contributed by atoms with Crippen LogP contribution in [0.1, 0.15) is 20.3 Å². The second kappa shape index (κ2) is 7.26. The second-order valence-corrected chi connectivity index (χ2v) is 6.04. The third-order valence-electron chi connectivity index (χ3n) is 3.52. The van der Waals surface area contributed by atoms with E-state index in [0.29, 0.717) is 11.7 Å². The number of hydrogen-bond donors (Lipinski definition) is 4. The standard InChI is InChI=1S/C16H20BrN5/c1-3-10(2)11(8-18)6-15(19)22-16-5-4-13-14(21-16)7-12(17)9-20-13/h4-10,18,20-21H,3H2,1-2H3,(H2,19,22). The molecule has 5 N–H and O–H groups in total. The summed E-state index contributed by atoms with van der Waals surface area (Å²) >= 11 is 3.43. The summed E-state index contributed by atoms with van der Waals surface area (Å²) in [5, 5.41) is 13.9. The molecule has 22 heavy (non-hydrogen) atoms. The molecule has 2 rings (SSSR count). The monoisotopic (exact) mass is 361 g/mol. The third kappa shape index (κ3) is 3.98. The van der Waals surface area contributed by atoms with Crippen molar-refractivity contribution in [3.63, 3.8) is 0 Å². The molecule has 1 atom stereocenters. The second-order valence-electron chi connectivity index (χ2n) is 5.12. The van der Waals surface area contributed by atoms with Crippen molar-refractivity contribution in [2.45, 2.75) is 20.3 Å². The molecule has 0 bridgehead atoms. The number of amidine groups is 1. The third-order valence-corrected chi connectivity index (χ3v) is 3.98. The first-order valence-corrected chi connectivity index (χ1v) is 7.92. The summed E-state index contributed by atoms with van der Waals surface area (Å²) < 4.78 is 0.952. The maximum absolute atomic E-state index is 7.48. The van der Waals surface area contributed by atoms with E-state index in [1.165, 1.54) is 6.21 Å². The van der Waals surface area contributed by atoms with E-state index < -0.39 is 0 Å². The van der Waals surface area contributed by atoms with Crippen molar-refractivity contribution >= 4 is 28.0 Å². The first-order valence-electron chi connectivity index (χ1n) is 7.13. The number of nitrogens with one attached hydrogen (secondary N) is 3. The van der Waals surface area contributed by atoms with Crippen molar-refractivity contribution < 1.29 is 0 Å². The van der Waals surface area contributed by atoms with Gasteiger partial charge in [0.15, 0.2) is 0 Å². The van der Waals surface area contributed by atoms with E-state index in [2.05, 4.69) is 45.4 Å². The van der Waals surface area contributed by atoms with Crippen molar-refractivity contribution in [2.75, 3.05) is 0 Å². The molecule has 2 aliphatic heterocycles. The van der Waals surface area contributed by atoms with E-state index in [-0.39, 0.29) is 5.92 Å². The van der Waals surface area contributed by atoms with E-state index in [9.17, 15) is 0 Å². The number of hydrogen-bond acceptors (Lipinski definition) is 4. The van der Waals surface area contributed by atoms with Crippen LogP contribution in [0, 0.1) is 11.3 Å². The lowest BCUT2D eigenvalue weighted by molar-refractivity contribution is 0.680. The van der Waals surface area contributed by atoms with E-state index in [1.807, 2.05) is 24.4 Å². The van der Waals surface area contributed by atoms with Crippen molar-refractivity contribution in [2.24, 2.45) is 16.6 Å². The van der Waals surface area contributed by atoms with Crippen LogP contribution in [0.25, 0.3) is 0 Å². The van der Waals surface area contributed by atoms with Crippen LogP contribution in [0.2, 0.25) is 0 Å². The van der Waals surface area contributed by atoms with Crippen LogP contribution in [-0.4, -0.2) is 12.1 Å². The number of allylic oxidation sites excluding steroid dienone is 5. The molecule has 116 valence electrons. The van der Waals surface area contributed by atoms with Crippen molar-refractivity contribution in [1.82, 2.24) is 10.6 Å². The van der Waals surface area contributed by atoms with Gasteiger partial charge in [0.05, 0.1) is 11.4 Å². The summed E-state index contributed by atoms with van der Waals surface area (Å²) in [7, 11) is 0. The first kappa shape index (κ1) is 16.3. The lowest BCUT2D eigenvalue weighted by Gasteiger charge is -2.21. The molecule has 2 aliphatic rings. The van der Waals surface area contributed by atoms with E-state index in [0.717, 1.165) is 27.9 Å². The van der Waals surface area contributed by atoms with Gasteiger partial charge in [-0.3, -0.25) is 0 Å². The highest BCUT2D eigenvalue weighted by atomic mass is 79.9. The minimum absolute atomic E-state index is 0.289. The smallest absolute Gasteiger partial charge is 0.132 e. The summed E-state index contributed by atoms with van der Waals surface area (Å²) in [5.74, 6) is 1.34. The number of aliphatic imine (C=N–C) groups is 1. The van der Waals surface area contributed by atoms with Crippen LogP contribution in [0.4, 0.5) is 0 Å². The Kier molecular flexibility index (Phi) is 5.38. The molecule has 0 saturated heterocycles. The highest BCUT2D eigenvalue weighted by molar-refractivity contribution is 9.11. The average Bonchev–Trinajstić information content (AvgIpc) is 2.51. The molecule has 5 nitrogen and oxygen atoms in total. The molecule has 6 heteroatoms. The van der Waals surface area contributed by atoms with Gasteiger partial charge in [0, 0.05) is 16.9 Å². The van der Waals surface area contributed by atoms with Crippen LogP contribution in [0.5, 0.6) is 0 Å². The summed E-state index contributed by atoms with van der Waals surface area (Å²) in [6, 6.07) is 0.